The highest BCUT2D eigenvalue weighted by molar-refractivity contribution is 6.11. The van der Waals surface area contributed by atoms with E-state index in [0.717, 1.165) is 68.5 Å². The summed E-state index contributed by atoms with van der Waals surface area (Å²) >= 11 is 0. The lowest BCUT2D eigenvalue weighted by Crippen LogP contribution is -2.53. The number of carbonyl (C=O) groups is 1. The second-order valence-electron chi connectivity index (χ2n) is 11.6. The number of likely N-dealkylation sites (N-methyl/N-ethyl adjacent to an activating group) is 1. The van der Waals surface area contributed by atoms with Gasteiger partial charge in [0.25, 0.3) is 5.91 Å². The van der Waals surface area contributed by atoms with Crippen LogP contribution in [0.15, 0.2) is 72.9 Å². The van der Waals surface area contributed by atoms with Crippen LogP contribution in [0.2, 0.25) is 0 Å². The summed E-state index contributed by atoms with van der Waals surface area (Å²) in [7, 11) is 3.09. The first-order chi connectivity index (χ1) is 19.3. The number of likely N-dealkylation sites (tertiary alicyclic amines) is 1. The van der Waals surface area contributed by atoms with Crippen molar-refractivity contribution in [3.05, 3.63) is 106 Å². The first kappa shape index (κ1) is 26.5. The number of nitrogens with zero attached hydrogens (tertiary/aromatic N) is 2. The van der Waals surface area contributed by atoms with E-state index in [1.54, 1.807) is 0 Å². The van der Waals surface area contributed by atoms with E-state index in [-0.39, 0.29) is 11.6 Å². The monoisotopic (exact) mass is 547 g/mol. The van der Waals surface area contributed by atoms with Crippen LogP contribution in [0.25, 0.3) is 23.1 Å². The van der Waals surface area contributed by atoms with Crippen molar-refractivity contribution >= 4 is 39.2 Å². The van der Waals surface area contributed by atoms with Crippen LogP contribution in [0.4, 0.5) is 0 Å². The maximum atomic E-state index is 13.8. The second-order valence-corrected chi connectivity index (χ2v) is 12.7. The Kier molecular flexibility index (Phi) is 7.07. The van der Waals surface area contributed by atoms with E-state index in [9.17, 15) is 4.79 Å². The number of benzene rings is 3. The predicted molar refractivity (Wildman–Crippen MR) is 167 cm³/mol. The molecule has 1 aliphatic heterocycles. The van der Waals surface area contributed by atoms with E-state index < -0.39 is 5.54 Å². The molecule has 0 bridgehead atoms. The van der Waals surface area contributed by atoms with Crippen LogP contribution in [-0.2, 0) is 5.54 Å². The summed E-state index contributed by atoms with van der Waals surface area (Å²) in [5.41, 5.74) is 6.99. The standard InChI is InChI=1S/C34H37N3O2Si/c1-22-6-4-7-24(18-22)10-11-25-19-29(27-8-5-16-35-30(27)20-25)34(14-15-34)36-32(38)28-21-26(12-9-23(28)2)39-33(40)31-13-17-37(31)3/h4-12,16,18-21,31,33H,13-15,17H2,1-3,40H3,(H,36,38)/b11-10+/t31-,33-/m0/s1. The molecule has 5 nitrogen and oxygen atoms in total. The van der Waals surface area contributed by atoms with Crippen LogP contribution in [-0.4, -0.2) is 51.4 Å². The fourth-order valence-electron chi connectivity index (χ4n) is 5.88. The number of aromatic nitrogens is 1. The molecule has 6 rings (SSSR count). The summed E-state index contributed by atoms with van der Waals surface area (Å²) in [5.74, 6) is 0.725. The van der Waals surface area contributed by atoms with Crippen LogP contribution in [0.5, 0.6) is 5.75 Å². The molecule has 0 unspecified atom stereocenters. The van der Waals surface area contributed by atoms with E-state index >= 15 is 0 Å². The van der Waals surface area contributed by atoms with E-state index in [1.807, 2.05) is 37.4 Å². The third-order valence-electron chi connectivity index (χ3n) is 8.53. The van der Waals surface area contributed by atoms with E-state index in [2.05, 4.69) is 83.8 Å². The summed E-state index contributed by atoms with van der Waals surface area (Å²) in [5, 5.41) is 4.52. The van der Waals surface area contributed by atoms with Gasteiger partial charge < -0.3 is 15.0 Å². The highest BCUT2D eigenvalue weighted by Crippen LogP contribution is 2.48. The van der Waals surface area contributed by atoms with Crippen LogP contribution in [0.1, 0.15) is 57.4 Å². The molecular weight excluding hydrogens is 510 g/mol. The van der Waals surface area contributed by atoms with Gasteiger partial charge in [0.1, 0.15) is 5.75 Å². The minimum absolute atomic E-state index is 0.0520. The summed E-state index contributed by atoms with van der Waals surface area (Å²) in [4.78, 5) is 20.8. The van der Waals surface area contributed by atoms with Crippen LogP contribution >= 0.6 is 0 Å². The largest absolute Gasteiger partial charge is 0.494 e. The lowest BCUT2D eigenvalue weighted by molar-refractivity contribution is 0.0562. The molecule has 204 valence electrons. The average molecular weight is 548 g/mol. The molecule has 6 heteroatoms. The Morgan fingerprint density at radius 2 is 1.90 bits per heavy atom. The maximum absolute atomic E-state index is 13.8. The highest BCUT2D eigenvalue weighted by Gasteiger charge is 2.47. The van der Waals surface area contributed by atoms with Gasteiger partial charge in [-0.15, -0.1) is 0 Å². The highest BCUT2D eigenvalue weighted by atomic mass is 28.1. The van der Waals surface area contributed by atoms with Crippen molar-refractivity contribution in [3.8, 4) is 5.75 Å². The van der Waals surface area contributed by atoms with E-state index in [1.165, 1.54) is 12.0 Å². The Morgan fingerprint density at radius 1 is 1.07 bits per heavy atom. The molecule has 1 amide bonds. The maximum Gasteiger partial charge on any atom is 0.252 e. The van der Waals surface area contributed by atoms with Crippen molar-refractivity contribution in [2.45, 2.75) is 50.4 Å². The lowest BCUT2D eigenvalue weighted by Gasteiger charge is -2.41. The van der Waals surface area contributed by atoms with Gasteiger partial charge in [-0.2, -0.15) is 0 Å². The smallest absolute Gasteiger partial charge is 0.252 e. The Bertz CT molecular complexity index is 1610. The van der Waals surface area contributed by atoms with E-state index in [0.29, 0.717) is 11.6 Å². The van der Waals surface area contributed by atoms with E-state index in [4.69, 9.17) is 4.74 Å². The molecule has 3 aromatic carbocycles. The minimum atomic E-state index is -0.399. The van der Waals surface area contributed by atoms with Crippen LogP contribution in [0, 0.1) is 13.8 Å². The number of hydrogen-bond donors (Lipinski definition) is 1. The summed E-state index contributed by atoms with van der Waals surface area (Å²) in [6.45, 7) is 5.23. The van der Waals surface area contributed by atoms with Crippen LogP contribution < -0.4 is 10.1 Å². The van der Waals surface area contributed by atoms with Crippen molar-refractivity contribution in [3.63, 3.8) is 0 Å². The average Bonchev–Trinajstić information content (AvgIpc) is 3.71. The first-order valence-corrected chi connectivity index (χ1v) is 15.4. The fourth-order valence-corrected chi connectivity index (χ4v) is 6.99. The first-order valence-electron chi connectivity index (χ1n) is 14.3. The number of carbonyl (C=O) groups excluding carboxylic acids is 1. The Morgan fingerprint density at radius 3 is 2.62 bits per heavy atom. The second kappa shape index (κ2) is 10.7. The summed E-state index contributed by atoms with van der Waals surface area (Å²) in [6.07, 6.45) is 9.09. The Labute approximate surface area is 239 Å². The van der Waals surface area contributed by atoms with Crippen LogP contribution in [0.3, 0.4) is 0 Å². The molecule has 0 radical (unpaired) electrons. The number of ether oxygens (including phenoxy) is 1. The molecular formula is C34H37N3O2Si. The van der Waals surface area contributed by atoms with Crippen molar-refractivity contribution in [2.75, 3.05) is 13.6 Å². The molecule has 2 atom stereocenters. The molecule has 1 saturated heterocycles. The van der Waals surface area contributed by atoms with Gasteiger partial charge in [0.15, 0.2) is 0 Å². The third-order valence-corrected chi connectivity index (χ3v) is 9.54. The molecule has 0 spiro atoms. The number of pyridine rings is 1. The zero-order valence-corrected chi connectivity index (χ0v) is 25.8. The predicted octanol–water partition coefficient (Wildman–Crippen LogP) is 5.22. The minimum Gasteiger partial charge on any atom is -0.494 e. The molecule has 1 aliphatic carbocycles. The quantitative estimate of drug-likeness (QED) is 0.243. The third kappa shape index (κ3) is 5.34. The molecule has 1 N–H and O–H groups in total. The Hall–Kier alpha value is -3.74. The topological polar surface area (TPSA) is 54.5 Å². The molecule has 40 heavy (non-hydrogen) atoms. The molecule has 2 aliphatic rings. The lowest BCUT2D eigenvalue weighted by atomic mass is 9.95. The van der Waals surface area contributed by atoms with Crippen molar-refractivity contribution in [1.29, 1.82) is 0 Å². The fraction of sp³-hybridized carbons (Fsp3) is 0.294. The SMILES string of the molecule is Cc1cccc(/C=C/c2cc(C3(NC(=O)c4cc(O[C@@H]([SiH3])[C@@H]5CCN5C)ccc4C)CC3)c3cccnc3c2)c1. The number of nitrogens with one attached hydrogen (secondary N) is 1. The molecule has 4 aromatic rings. The van der Waals surface area contributed by atoms with Gasteiger partial charge in [-0.25, -0.2) is 0 Å². The number of amides is 1. The summed E-state index contributed by atoms with van der Waals surface area (Å²) < 4.78 is 6.33. The Balaban J connectivity index is 1.28. The van der Waals surface area contributed by atoms with Crippen molar-refractivity contribution in [1.82, 2.24) is 15.2 Å². The van der Waals surface area contributed by atoms with Gasteiger partial charge in [0.05, 0.1) is 27.0 Å². The van der Waals surface area contributed by atoms with Crippen molar-refractivity contribution < 1.29 is 9.53 Å². The normalized spacial score (nSPS) is 18.9. The number of fused-ring (bicyclic) bond motifs is 1. The van der Waals surface area contributed by atoms with Gasteiger partial charge >= 0.3 is 0 Å². The van der Waals surface area contributed by atoms with Gasteiger partial charge in [-0.1, -0.05) is 54.1 Å². The molecule has 1 aromatic heterocycles. The summed E-state index contributed by atoms with van der Waals surface area (Å²) in [6, 6.07) is 23.3. The molecule has 1 saturated carbocycles. The number of hydrogen-bond acceptors (Lipinski definition) is 4. The molecule has 2 heterocycles. The molecule has 2 fully saturated rings. The zero-order valence-electron chi connectivity index (χ0n) is 23.8. The van der Waals surface area contributed by atoms with Gasteiger partial charge in [0.2, 0.25) is 0 Å². The van der Waals surface area contributed by atoms with Gasteiger partial charge in [0, 0.05) is 23.2 Å². The zero-order chi connectivity index (χ0) is 27.9. The van der Waals surface area contributed by atoms with Gasteiger partial charge in [-0.05, 0) is 99.3 Å². The van der Waals surface area contributed by atoms with Crippen molar-refractivity contribution in [2.24, 2.45) is 0 Å². The van der Waals surface area contributed by atoms with Gasteiger partial charge in [-0.3, -0.25) is 9.78 Å². The number of rotatable bonds is 8. The number of aryl methyl sites for hydroxylation is 2.